The number of nitrogens with two attached hydrogens (primary N) is 2. The van der Waals surface area contributed by atoms with E-state index in [4.69, 9.17) is 42.1 Å². The molecule has 8 heteroatoms. The van der Waals surface area contributed by atoms with Crippen LogP contribution in [0.5, 0.6) is 0 Å². The predicted octanol–water partition coefficient (Wildman–Crippen LogP) is 0.368. The number of aliphatic hydroxyl groups is 6. The maximum Gasteiger partial charge on any atom is 0.0662 e. The van der Waals surface area contributed by atoms with Gasteiger partial charge >= 0.3 is 0 Å². The van der Waals surface area contributed by atoms with Crippen molar-refractivity contribution in [2.24, 2.45) is 0 Å². The topological polar surface area (TPSA) is 173 Å². The van der Waals surface area contributed by atoms with E-state index in [0.717, 1.165) is 48.2 Å². The first-order valence-corrected chi connectivity index (χ1v) is 9.67. The molecule has 0 aliphatic heterocycles. The van der Waals surface area contributed by atoms with Gasteiger partial charge in [-0.2, -0.15) is 0 Å². The van der Waals surface area contributed by atoms with Gasteiger partial charge in [-0.25, -0.2) is 0 Å². The molecule has 0 radical (unpaired) electrons. The molecule has 168 valence electrons. The highest BCUT2D eigenvalue weighted by atomic mass is 16.3. The Morgan fingerprint density at radius 1 is 0.643 bits per heavy atom. The van der Waals surface area contributed by atoms with E-state index >= 15 is 0 Å². The van der Waals surface area contributed by atoms with Crippen LogP contribution in [0.15, 0.2) is 6.07 Å². The number of anilines is 2. The summed E-state index contributed by atoms with van der Waals surface area (Å²) < 4.78 is 0. The van der Waals surface area contributed by atoms with Crippen molar-refractivity contribution < 1.29 is 30.6 Å². The number of benzene rings is 1. The third-order valence-corrected chi connectivity index (χ3v) is 3.53. The Morgan fingerprint density at radius 2 is 1.07 bits per heavy atom. The quantitative estimate of drug-likeness (QED) is 0.226. The van der Waals surface area contributed by atoms with Crippen molar-refractivity contribution in [2.75, 3.05) is 51.1 Å². The fraction of sp³-hybridized carbons (Fsp3) is 0.700. The molecule has 0 spiro atoms. The molecule has 28 heavy (non-hydrogen) atoms. The van der Waals surface area contributed by atoms with Gasteiger partial charge in [0, 0.05) is 37.8 Å². The van der Waals surface area contributed by atoms with E-state index in [-0.39, 0.29) is 39.6 Å². The number of hydrogen-bond donors (Lipinski definition) is 8. The monoisotopic (exact) mass is 406 g/mol. The van der Waals surface area contributed by atoms with E-state index in [1.165, 1.54) is 5.56 Å². The van der Waals surface area contributed by atoms with Crippen LogP contribution in [0, 0.1) is 6.92 Å². The molecule has 0 saturated heterocycles. The second kappa shape index (κ2) is 23.6. The Labute approximate surface area is 169 Å². The van der Waals surface area contributed by atoms with E-state index in [1.54, 1.807) is 0 Å². The molecule has 0 aromatic heterocycles. The molecule has 1 rings (SSSR count). The van der Waals surface area contributed by atoms with Gasteiger partial charge in [-0.1, -0.05) is 19.9 Å². The first-order chi connectivity index (χ1) is 13.4. The zero-order chi connectivity index (χ0) is 22.4. The molecule has 0 aliphatic carbocycles. The Morgan fingerprint density at radius 3 is 1.32 bits per heavy atom. The number of unbranched alkanes of at least 4 members (excludes halogenated alkanes) is 1. The molecule has 0 heterocycles. The number of aryl methyl sites for hydroxylation is 2. The summed E-state index contributed by atoms with van der Waals surface area (Å²) in [4.78, 5) is 0. The molecular formula is C20H42N2O6. The van der Waals surface area contributed by atoms with E-state index in [0.29, 0.717) is 6.42 Å². The molecule has 0 bridgehead atoms. The summed E-state index contributed by atoms with van der Waals surface area (Å²) in [6.45, 7) is 6.56. The first-order valence-electron chi connectivity index (χ1n) is 9.67. The Bertz CT molecular complexity index is 451. The molecule has 0 fully saturated rings. The molecule has 0 aliphatic rings. The lowest BCUT2D eigenvalue weighted by atomic mass is 9.98. The zero-order valence-corrected chi connectivity index (χ0v) is 17.7. The van der Waals surface area contributed by atoms with Gasteiger partial charge < -0.3 is 42.1 Å². The van der Waals surface area contributed by atoms with Crippen LogP contribution in [0.25, 0.3) is 0 Å². The highest BCUT2D eigenvalue weighted by molar-refractivity contribution is 5.68. The van der Waals surface area contributed by atoms with Crippen LogP contribution in [0.4, 0.5) is 11.4 Å². The van der Waals surface area contributed by atoms with Crippen LogP contribution < -0.4 is 11.5 Å². The molecule has 0 unspecified atom stereocenters. The summed E-state index contributed by atoms with van der Waals surface area (Å²) in [7, 11) is 0. The average Bonchev–Trinajstić information content (AvgIpc) is 2.71. The average molecular weight is 407 g/mol. The van der Waals surface area contributed by atoms with Crippen molar-refractivity contribution in [1.82, 2.24) is 0 Å². The lowest BCUT2D eigenvalue weighted by molar-refractivity contribution is 0.186. The minimum Gasteiger partial charge on any atom is -0.398 e. The fourth-order valence-electron chi connectivity index (χ4n) is 1.96. The Balaban J connectivity index is -0.000000348. The minimum absolute atomic E-state index is 0.0938. The van der Waals surface area contributed by atoms with Gasteiger partial charge in [0.25, 0.3) is 0 Å². The maximum atomic E-state index is 8.09. The van der Waals surface area contributed by atoms with Crippen molar-refractivity contribution >= 4 is 11.4 Å². The molecule has 0 saturated carbocycles. The van der Waals surface area contributed by atoms with Crippen molar-refractivity contribution in [3.05, 3.63) is 22.8 Å². The Kier molecular flexibility index (Phi) is 26.4. The van der Waals surface area contributed by atoms with Crippen molar-refractivity contribution in [2.45, 2.75) is 52.9 Å². The van der Waals surface area contributed by atoms with Crippen LogP contribution in [0.2, 0.25) is 0 Å². The number of aliphatic hydroxyl groups excluding tert-OH is 6. The largest absolute Gasteiger partial charge is 0.398 e. The summed E-state index contributed by atoms with van der Waals surface area (Å²) in [5, 5.41) is 47.2. The second-order valence-corrected chi connectivity index (χ2v) is 5.77. The highest BCUT2D eigenvalue weighted by Gasteiger charge is 2.08. The molecular weight excluding hydrogens is 364 g/mol. The van der Waals surface area contributed by atoms with Crippen LogP contribution in [-0.4, -0.2) is 70.3 Å². The molecule has 0 amide bonds. The van der Waals surface area contributed by atoms with Gasteiger partial charge in [-0.15, -0.1) is 0 Å². The number of hydrogen-bond acceptors (Lipinski definition) is 8. The van der Waals surface area contributed by atoms with Crippen molar-refractivity contribution in [3.8, 4) is 0 Å². The predicted molar refractivity (Wildman–Crippen MR) is 115 cm³/mol. The van der Waals surface area contributed by atoms with Crippen LogP contribution in [-0.2, 0) is 12.8 Å². The van der Waals surface area contributed by atoms with Gasteiger partial charge in [0.2, 0.25) is 0 Å². The molecule has 0 atom stereocenters. The fourth-order valence-corrected chi connectivity index (χ4v) is 1.96. The Hall–Kier alpha value is -1.42. The zero-order valence-electron chi connectivity index (χ0n) is 17.7. The van der Waals surface area contributed by atoms with Crippen LogP contribution in [0.1, 0.15) is 49.8 Å². The summed E-state index contributed by atoms with van der Waals surface area (Å²) >= 11 is 0. The van der Waals surface area contributed by atoms with Crippen molar-refractivity contribution in [1.29, 1.82) is 0 Å². The maximum absolute atomic E-state index is 8.09. The molecule has 8 nitrogen and oxygen atoms in total. The van der Waals surface area contributed by atoms with E-state index in [9.17, 15) is 0 Å². The van der Waals surface area contributed by atoms with Gasteiger partial charge in [0.15, 0.2) is 0 Å². The van der Waals surface area contributed by atoms with Gasteiger partial charge in [-0.3, -0.25) is 0 Å². The third kappa shape index (κ3) is 16.7. The van der Waals surface area contributed by atoms with Crippen molar-refractivity contribution in [3.63, 3.8) is 0 Å². The van der Waals surface area contributed by atoms with Gasteiger partial charge in [0.1, 0.15) is 0 Å². The van der Waals surface area contributed by atoms with Gasteiger partial charge in [0.05, 0.1) is 13.2 Å². The number of rotatable bonds is 8. The minimum atomic E-state index is -0.125. The molecule has 1 aromatic rings. The van der Waals surface area contributed by atoms with Gasteiger partial charge in [-0.05, 0) is 55.7 Å². The SMILES string of the molecule is CCc1cc(C)c(N)c(CC)c1N.OCCCCO.OCCCO.OCCO. The third-order valence-electron chi connectivity index (χ3n) is 3.53. The van der Waals surface area contributed by atoms with E-state index < -0.39 is 0 Å². The van der Waals surface area contributed by atoms with E-state index in [2.05, 4.69) is 19.9 Å². The number of nitrogen functional groups attached to an aromatic ring is 2. The summed E-state index contributed by atoms with van der Waals surface area (Å²) in [6, 6.07) is 2.09. The van der Waals surface area contributed by atoms with Crippen LogP contribution >= 0.6 is 0 Å². The normalized spacial score (nSPS) is 9.32. The summed E-state index contributed by atoms with van der Waals surface area (Å²) in [6.07, 6.45) is 3.82. The lowest BCUT2D eigenvalue weighted by Gasteiger charge is -2.14. The second-order valence-electron chi connectivity index (χ2n) is 5.77. The summed E-state index contributed by atoms with van der Waals surface area (Å²) in [5.74, 6) is 0. The lowest BCUT2D eigenvalue weighted by Crippen LogP contribution is -2.05. The smallest absolute Gasteiger partial charge is 0.0662 e. The first kappa shape index (κ1) is 31.3. The molecule has 10 N–H and O–H groups in total. The standard InChI is InChI=1S/C11H18N2.C4H10O2.C3H8O2.C2H6O2/c1-4-8-6-7(3)10(12)9(5-2)11(8)13;5-3-1-2-4-6;4-2-1-3-5;3-1-2-4/h6H,4-5,12-13H2,1-3H3;5-6H,1-4H2;4-5H,1-3H2;3-4H,1-2H2. The summed E-state index contributed by atoms with van der Waals surface area (Å²) in [5.41, 5.74) is 17.1. The highest BCUT2D eigenvalue weighted by Crippen LogP contribution is 2.28. The molecule has 1 aromatic carbocycles. The van der Waals surface area contributed by atoms with E-state index in [1.807, 2.05) is 6.92 Å². The van der Waals surface area contributed by atoms with Crippen LogP contribution in [0.3, 0.4) is 0 Å².